The van der Waals surface area contributed by atoms with Crippen LogP contribution >= 0.6 is 46.6 Å². The van der Waals surface area contributed by atoms with E-state index in [0.29, 0.717) is 34.5 Å². The molecule has 0 radical (unpaired) electrons. The monoisotopic (exact) mass is 706 g/mol. The molecule has 6 rings (SSSR count). The maximum atomic E-state index is 14.3. The number of aromatic amines is 1. The van der Waals surface area contributed by atoms with Gasteiger partial charge in [0, 0.05) is 28.3 Å². The van der Waals surface area contributed by atoms with Crippen molar-refractivity contribution in [2.24, 2.45) is 5.41 Å². The van der Waals surface area contributed by atoms with Crippen LogP contribution in [0, 0.1) is 30.6 Å². The molecule has 2 aromatic carbocycles. The first-order chi connectivity index (χ1) is 21.7. The van der Waals surface area contributed by atoms with E-state index in [4.69, 9.17) is 34.8 Å². The van der Waals surface area contributed by atoms with E-state index in [0.717, 1.165) is 43.5 Å². The van der Waals surface area contributed by atoms with Gasteiger partial charge in [-0.05, 0) is 91.6 Å². The van der Waals surface area contributed by atoms with Crippen molar-refractivity contribution in [3.8, 4) is 11.8 Å². The highest BCUT2D eigenvalue weighted by Gasteiger charge is 2.54. The van der Waals surface area contributed by atoms with E-state index in [1.54, 1.807) is 36.9 Å². The maximum Gasteiger partial charge on any atom is 0.362 e. The van der Waals surface area contributed by atoms with E-state index in [-0.39, 0.29) is 49.9 Å². The molecule has 3 aromatic rings. The first-order valence-electron chi connectivity index (χ1n) is 14.5. The Bertz CT molecular complexity index is 1920. The zero-order valence-corrected chi connectivity index (χ0v) is 27.7. The van der Waals surface area contributed by atoms with Gasteiger partial charge in [-0.2, -0.15) is 14.0 Å². The third kappa shape index (κ3) is 5.43. The molecule has 1 aromatic heterocycles. The number of nitrogens with one attached hydrogen (secondary N) is 1. The smallest absolute Gasteiger partial charge is 0.362 e. The number of halogens is 5. The standard InChI is InChI=1S/C32H27Cl3F2N4O4S/c1-15-4-5-18(33)27(25(15)34)46-21-13-22(32(35,36)37)39-28(43)24(21)29(44)41-14-17-12-20(26(42)16(2)23(17)19(41)6-10-38)40-11-3-7-31(8-9-31)30(40)45/h4-5,12-13,19,42H,3,6-9,11,14H2,1-2H3,(H,39,43). The fourth-order valence-electron chi connectivity index (χ4n) is 6.50. The Labute approximate surface area is 282 Å². The van der Waals surface area contributed by atoms with Crippen LogP contribution in [0.15, 0.2) is 38.9 Å². The molecule has 46 heavy (non-hydrogen) atoms. The van der Waals surface area contributed by atoms with Gasteiger partial charge in [-0.3, -0.25) is 14.4 Å². The van der Waals surface area contributed by atoms with Crippen molar-refractivity contribution < 1.29 is 23.5 Å². The fraction of sp³-hybridized carbons (Fsp3) is 0.375. The number of hydrogen-bond acceptors (Lipinski definition) is 6. The summed E-state index contributed by atoms with van der Waals surface area (Å²) in [6, 6.07) is 7.00. The molecule has 240 valence electrons. The summed E-state index contributed by atoms with van der Waals surface area (Å²) in [4.78, 5) is 46.1. The number of carbonyl (C=O) groups excluding carboxylic acids is 2. The number of phenolic OH excluding ortho intramolecular Hbond substituents is 1. The van der Waals surface area contributed by atoms with Crippen LogP contribution in [0.3, 0.4) is 0 Å². The molecule has 1 atom stereocenters. The van der Waals surface area contributed by atoms with Gasteiger partial charge in [0.1, 0.15) is 17.0 Å². The minimum absolute atomic E-state index is 0.0363. The number of aromatic hydroxyl groups is 1. The van der Waals surface area contributed by atoms with Gasteiger partial charge in [-0.15, -0.1) is 0 Å². The zero-order chi connectivity index (χ0) is 33.3. The summed E-state index contributed by atoms with van der Waals surface area (Å²) >= 11 is 18.9. The molecule has 2 aliphatic heterocycles. The van der Waals surface area contributed by atoms with E-state index >= 15 is 0 Å². The van der Waals surface area contributed by atoms with Crippen LogP contribution in [0.1, 0.15) is 76.5 Å². The number of H-pyrrole nitrogens is 1. The summed E-state index contributed by atoms with van der Waals surface area (Å²) in [5, 5.41) is 17.5. The largest absolute Gasteiger partial charge is 0.505 e. The maximum absolute atomic E-state index is 14.3. The molecule has 8 nitrogen and oxygen atoms in total. The van der Waals surface area contributed by atoms with Crippen molar-refractivity contribution in [1.29, 1.82) is 5.26 Å². The third-order valence-corrected chi connectivity index (χ3v) is 11.5. The van der Waals surface area contributed by atoms with Gasteiger partial charge in [0.25, 0.3) is 11.5 Å². The Balaban J connectivity index is 1.44. The molecule has 1 spiro atoms. The summed E-state index contributed by atoms with van der Waals surface area (Å²) in [5.41, 5.74) is -0.400. The highest BCUT2D eigenvalue weighted by Crippen LogP contribution is 2.55. The molecule has 1 unspecified atom stereocenters. The summed E-state index contributed by atoms with van der Waals surface area (Å²) < 4.78 is 28.5. The molecule has 3 aliphatic rings. The number of hydrogen-bond donors (Lipinski definition) is 2. The van der Waals surface area contributed by atoms with Gasteiger partial charge in [0.05, 0.1) is 34.3 Å². The lowest BCUT2D eigenvalue weighted by atomic mass is 9.91. The van der Waals surface area contributed by atoms with Crippen molar-refractivity contribution in [3.05, 3.63) is 78.2 Å². The molecule has 14 heteroatoms. The van der Waals surface area contributed by atoms with Crippen LogP contribution in [-0.2, 0) is 16.7 Å². The number of rotatable bonds is 6. The average Bonchev–Trinajstić information content (AvgIpc) is 3.68. The van der Waals surface area contributed by atoms with Crippen molar-refractivity contribution in [3.63, 3.8) is 0 Å². The molecular formula is C32H27Cl3F2N4O4S. The number of carbonyl (C=O) groups is 2. The second-order valence-electron chi connectivity index (χ2n) is 12.0. The van der Waals surface area contributed by atoms with Crippen molar-refractivity contribution in [2.45, 2.75) is 73.7 Å². The summed E-state index contributed by atoms with van der Waals surface area (Å²) in [6.07, 6.45) is 3.03. The minimum atomic E-state index is -3.96. The Morgan fingerprint density at radius 3 is 2.59 bits per heavy atom. The van der Waals surface area contributed by atoms with E-state index < -0.39 is 34.1 Å². The van der Waals surface area contributed by atoms with Crippen LogP contribution < -0.4 is 10.5 Å². The molecule has 1 saturated heterocycles. The second kappa shape index (κ2) is 11.7. The van der Waals surface area contributed by atoms with Gasteiger partial charge in [-0.25, -0.2) is 0 Å². The summed E-state index contributed by atoms with van der Waals surface area (Å²) in [7, 11) is 0. The lowest BCUT2D eigenvalue weighted by molar-refractivity contribution is -0.125. The zero-order valence-electron chi connectivity index (χ0n) is 24.6. The number of phenols is 1. The van der Waals surface area contributed by atoms with Gasteiger partial charge < -0.3 is 19.9 Å². The summed E-state index contributed by atoms with van der Waals surface area (Å²) in [6.45, 7) is 3.75. The molecular weight excluding hydrogens is 681 g/mol. The van der Waals surface area contributed by atoms with Crippen LogP contribution in [0.5, 0.6) is 5.75 Å². The average molecular weight is 708 g/mol. The minimum Gasteiger partial charge on any atom is -0.505 e. The number of pyridine rings is 1. The van der Waals surface area contributed by atoms with Crippen LogP contribution in [0.2, 0.25) is 10.0 Å². The molecule has 3 heterocycles. The predicted molar refractivity (Wildman–Crippen MR) is 171 cm³/mol. The molecule has 1 aliphatic carbocycles. The quantitative estimate of drug-likeness (QED) is 0.251. The van der Waals surface area contributed by atoms with Gasteiger partial charge in [-0.1, -0.05) is 41.0 Å². The predicted octanol–water partition coefficient (Wildman–Crippen LogP) is 7.96. The highest BCUT2D eigenvalue weighted by atomic mass is 35.5. The van der Waals surface area contributed by atoms with Crippen molar-refractivity contribution >= 4 is 64.1 Å². The second-order valence-corrected chi connectivity index (χ2v) is 14.3. The Hall–Kier alpha value is -3.30. The molecule has 2 fully saturated rings. The number of nitriles is 1. The third-order valence-electron chi connectivity index (χ3n) is 9.11. The number of piperidine rings is 1. The fourth-order valence-corrected chi connectivity index (χ4v) is 8.30. The Kier molecular flexibility index (Phi) is 8.33. The first-order valence-corrected chi connectivity index (χ1v) is 16.5. The van der Waals surface area contributed by atoms with Gasteiger partial charge in [0.2, 0.25) is 5.91 Å². The topological polar surface area (TPSA) is 118 Å². The van der Waals surface area contributed by atoms with Gasteiger partial charge in [0.15, 0.2) is 0 Å². The van der Waals surface area contributed by atoms with Crippen molar-refractivity contribution in [2.75, 3.05) is 11.4 Å². The molecule has 2 N–H and O–H groups in total. The van der Waals surface area contributed by atoms with Crippen LogP contribution in [-0.4, -0.2) is 33.3 Å². The highest BCUT2D eigenvalue weighted by molar-refractivity contribution is 7.99. The summed E-state index contributed by atoms with van der Waals surface area (Å²) in [5.74, 6) is -0.990. The number of nitrogens with zero attached hydrogens (tertiary/aromatic N) is 3. The first kappa shape index (κ1) is 32.6. The SMILES string of the molecule is Cc1ccc(Cl)c(Sc2cc(C(F)(F)Cl)[nH]c(=O)c2C(=O)N2Cc3cc(N4CCCC5(CC5)C4=O)c(O)c(C)c3C2CC#N)c1Cl. The molecule has 0 bridgehead atoms. The normalized spacial score (nSPS) is 18.6. The number of benzene rings is 2. The van der Waals surface area contributed by atoms with Gasteiger partial charge >= 0.3 is 5.38 Å². The van der Waals surface area contributed by atoms with E-state index in [1.165, 1.54) is 4.90 Å². The number of amides is 2. The van der Waals surface area contributed by atoms with E-state index in [2.05, 4.69) is 6.07 Å². The van der Waals surface area contributed by atoms with Crippen LogP contribution in [0.4, 0.5) is 14.5 Å². The number of aryl methyl sites for hydroxylation is 1. The van der Waals surface area contributed by atoms with E-state index in [9.17, 15) is 33.5 Å². The lowest BCUT2D eigenvalue weighted by Crippen LogP contribution is -2.42. The lowest BCUT2D eigenvalue weighted by Gasteiger charge is -2.33. The number of anilines is 1. The number of fused-ring (bicyclic) bond motifs is 1. The number of aromatic nitrogens is 1. The Morgan fingerprint density at radius 1 is 1.22 bits per heavy atom. The molecule has 1 saturated carbocycles. The Morgan fingerprint density at radius 2 is 1.93 bits per heavy atom. The van der Waals surface area contributed by atoms with Crippen LogP contribution in [0.25, 0.3) is 0 Å². The molecule has 2 amide bonds. The van der Waals surface area contributed by atoms with Crippen molar-refractivity contribution in [1.82, 2.24) is 9.88 Å². The van der Waals surface area contributed by atoms with E-state index in [1.807, 2.05) is 4.98 Å². The number of alkyl halides is 3.